The number of nitrogen functional groups attached to an aromatic ring is 1. The summed E-state index contributed by atoms with van der Waals surface area (Å²) in [6, 6.07) is 5.89. The van der Waals surface area contributed by atoms with E-state index in [9.17, 15) is 0 Å². The average Bonchev–Trinajstić information content (AvgIpc) is 3.16. The predicted molar refractivity (Wildman–Crippen MR) is 78.6 cm³/mol. The first-order valence-electron chi connectivity index (χ1n) is 7.48. The van der Waals surface area contributed by atoms with E-state index in [1.165, 1.54) is 12.8 Å². The van der Waals surface area contributed by atoms with E-state index >= 15 is 0 Å². The number of aromatic nitrogens is 1. The number of hydrogen-bond donors (Lipinski definition) is 1. The lowest BCUT2D eigenvalue weighted by molar-refractivity contribution is 0.171. The van der Waals surface area contributed by atoms with Gasteiger partial charge < -0.3 is 19.7 Å². The smallest absolute Gasteiger partial charge is 0.175 e. The number of fused-ring (bicyclic) bond motifs is 1. The molecule has 1 saturated carbocycles. The highest BCUT2D eigenvalue weighted by molar-refractivity contribution is 5.77. The van der Waals surface area contributed by atoms with E-state index < -0.39 is 0 Å². The van der Waals surface area contributed by atoms with Gasteiger partial charge in [0.25, 0.3) is 0 Å². The summed E-state index contributed by atoms with van der Waals surface area (Å²) in [6.07, 6.45) is 4.77. The van der Waals surface area contributed by atoms with Crippen LogP contribution in [0.25, 0.3) is 11.1 Å². The molecular formula is C16H18N2O3. The van der Waals surface area contributed by atoms with Gasteiger partial charge in [-0.05, 0) is 30.5 Å². The Morgan fingerprint density at radius 3 is 2.62 bits per heavy atom. The van der Waals surface area contributed by atoms with Crippen molar-refractivity contribution in [3.05, 3.63) is 24.0 Å². The Morgan fingerprint density at radius 2 is 1.81 bits per heavy atom. The van der Waals surface area contributed by atoms with Crippen LogP contribution < -0.4 is 15.2 Å². The topological polar surface area (TPSA) is 70.5 Å². The van der Waals surface area contributed by atoms with Crippen LogP contribution in [0, 0.1) is 0 Å². The monoisotopic (exact) mass is 286 g/mol. The maximum absolute atomic E-state index is 6.04. The van der Waals surface area contributed by atoms with Gasteiger partial charge in [0, 0.05) is 5.92 Å². The Hall–Kier alpha value is -2.17. The fourth-order valence-corrected chi connectivity index (χ4v) is 3.27. The van der Waals surface area contributed by atoms with Gasteiger partial charge in [-0.1, -0.05) is 24.1 Å². The Labute approximate surface area is 123 Å². The molecule has 0 unspecified atom stereocenters. The van der Waals surface area contributed by atoms with Gasteiger partial charge in [0.1, 0.15) is 19.0 Å². The van der Waals surface area contributed by atoms with Gasteiger partial charge in [-0.15, -0.1) is 0 Å². The molecule has 0 saturated heterocycles. The van der Waals surface area contributed by atoms with Crippen molar-refractivity contribution < 1.29 is 14.0 Å². The minimum Gasteiger partial charge on any atom is -0.486 e. The molecule has 1 aromatic heterocycles. The molecule has 2 aromatic rings. The molecule has 2 N–H and O–H groups in total. The summed E-state index contributed by atoms with van der Waals surface area (Å²) in [5.41, 5.74) is 7.94. The SMILES string of the molecule is Nc1noc(C2CCCC2)c1-c1ccc2c(c1)OCCO2. The maximum Gasteiger partial charge on any atom is 0.175 e. The zero-order chi connectivity index (χ0) is 14.2. The average molecular weight is 286 g/mol. The van der Waals surface area contributed by atoms with E-state index in [-0.39, 0.29) is 0 Å². The highest BCUT2D eigenvalue weighted by Gasteiger charge is 2.27. The zero-order valence-electron chi connectivity index (χ0n) is 11.8. The third kappa shape index (κ3) is 2.13. The lowest BCUT2D eigenvalue weighted by Gasteiger charge is -2.19. The maximum atomic E-state index is 6.04. The predicted octanol–water partition coefficient (Wildman–Crippen LogP) is 3.35. The molecule has 0 amide bonds. The summed E-state index contributed by atoms with van der Waals surface area (Å²) < 4.78 is 16.7. The van der Waals surface area contributed by atoms with Crippen LogP contribution in [0.2, 0.25) is 0 Å². The van der Waals surface area contributed by atoms with E-state index in [1.807, 2.05) is 18.2 Å². The molecule has 1 fully saturated rings. The molecule has 2 heterocycles. The van der Waals surface area contributed by atoms with Crippen LogP contribution >= 0.6 is 0 Å². The molecule has 0 atom stereocenters. The highest BCUT2D eigenvalue weighted by atomic mass is 16.6. The Balaban J connectivity index is 1.77. The van der Waals surface area contributed by atoms with E-state index in [2.05, 4.69) is 5.16 Å². The van der Waals surface area contributed by atoms with Crippen molar-refractivity contribution in [1.29, 1.82) is 0 Å². The second-order valence-electron chi connectivity index (χ2n) is 5.65. The van der Waals surface area contributed by atoms with Gasteiger partial charge in [0.15, 0.2) is 17.3 Å². The minimum atomic E-state index is 0.429. The quantitative estimate of drug-likeness (QED) is 0.916. The van der Waals surface area contributed by atoms with Crippen molar-refractivity contribution >= 4 is 5.82 Å². The second-order valence-corrected chi connectivity index (χ2v) is 5.65. The molecule has 5 heteroatoms. The number of rotatable bonds is 2. The van der Waals surface area contributed by atoms with Gasteiger partial charge in [-0.3, -0.25) is 0 Å². The Morgan fingerprint density at radius 1 is 1.05 bits per heavy atom. The van der Waals surface area contributed by atoms with Crippen LogP contribution in [0.3, 0.4) is 0 Å². The van der Waals surface area contributed by atoms with Crippen molar-refractivity contribution in [1.82, 2.24) is 5.16 Å². The molecule has 5 nitrogen and oxygen atoms in total. The number of benzene rings is 1. The van der Waals surface area contributed by atoms with E-state index in [4.69, 9.17) is 19.7 Å². The third-order valence-corrected chi connectivity index (χ3v) is 4.30. The van der Waals surface area contributed by atoms with Crippen molar-refractivity contribution in [2.24, 2.45) is 0 Å². The molecule has 110 valence electrons. The first-order valence-corrected chi connectivity index (χ1v) is 7.48. The van der Waals surface area contributed by atoms with Gasteiger partial charge >= 0.3 is 0 Å². The van der Waals surface area contributed by atoms with Crippen LogP contribution in [0.1, 0.15) is 37.4 Å². The molecule has 0 spiro atoms. The summed E-state index contributed by atoms with van der Waals surface area (Å²) >= 11 is 0. The van der Waals surface area contributed by atoms with Gasteiger partial charge in [-0.25, -0.2) is 0 Å². The summed E-state index contributed by atoms with van der Waals surface area (Å²) in [5.74, 6) is 3.34. The molecule has 1 aliphatic carbocycles. The van der Waals surface area contributed by atoms with Gasteiger partial charge in [-0.2, -0.15) is 0 Å². The lowest BCUT2D eigenvalue weighted by atomic mass is 9.96. The zero-order valence-corrected chi connectivity index (χ0v) is 11.8. The molecule has 2 aliphatic rings. The number of nitrogens with two attached hydrogens (primary N) is 1. The molecular weight excluding hydrogens is 268 g/mol. The van der Waals surface area contributed by atoms with E-state index in [1.54, 1.807) is 0 Å². The van der Waals surface area contributed by atoms with Crippen molar-refractivity contribution in [2.45, 2.75) is 31.6 Å². The number of ether oxygens (including phenoxy) is 2. The molecule has 21 heavy (non-hydrogen) atoms. The van der Waals surface area contributed by atoms with Crippen molar-refractivity contribution in [2.75, 3.05) is 18.9 Å². The van der Waals surface area contributed by atoms with Crippen LogP contribution in [0.4, 0.5) is 5.82 Å². The largest absolute Gasteiger partial charge is 0.486 e. The summed E-state index contributed by atoms with van der Waals surface area (Å²) in [5, 5.41) is 3.98. The number of nitrogens with zero attached hydrogens (tertiary/aromatic N) is 1. The molecule has 0 bridgehead atoms. The van der Waals surface area contributed by atoms with Crippen LogP contribution in [-0.4, -0.2) is 18.4 Å². The fraction of sp³-hybridized carbons (Fsp3) is 0.438. The van der Waals surface area contributed by atoms with Crippen LogP contribution in [-0.2, 0) is 0 Å². The van der Waals surface area contributed by atoms with Crippen LogP contribution in [0.15, 0.2) is 22.7 Å². The number of anilines is 1. The molecule has 4 rings (SSSR count). The van der Waals surface area contributed by atoms with E-state index in [0.717, 1.165) is 41.2 Å². The summed E-state index contributed by atoms with van der Waals surface area (Å²) in [4.78, 5) is 0. The first kappa shape index (κ1) is 12.6. The lowest BCUT2D eigenvalue weighted by Crippen LogP contribution is -2.15. The third-order valence-electron chi connectivity index (χ3n) is 4.30. The molecule has 1 aliphatic heterocycles. The Kier molecular flexibility index (Phi) is 2.98. The molecule has 1 aromatic carbocycles. The molecule has 0 radical (unpaired) electrons. The van der Waals surface area contributed by atoms with Gasteiger partial charge in [0.05, 0.1) is 5.56 Å². The summed E-state index contributed by atoms with van der Waals surface area (Å²) in [7, 11) is 0. The fourth-order valence-electron chi connectivity index (χ4n) is 3.27. The van der Waals surface area contributed by atoms with Crippen molar-refractivity contribution in [3.8, 4) is 22.6 Å². The normalized spacial score (nSPS) is 18.1. The van der Waals surface area contributed by atoms with Crippen LogP contribution in [0.5, 0.6) is 11.5 Å². The number of hydrogen-bond acceptors (Lipinski definition) is 5. The minimum absolute atomic E-state index is 0.429. The van der Waals surface area contributed by atoms with Gasteiger partial charge in [0.2, 0.25) is 0 Å². The van der Waals surface area contributed by atoms with E-state index in [0.29, 0.717) is 24.9 Å². The standard InChI is InChI=1S/C16H18N2O3/c17-16-14(15(21-18-16)10-3-1-2-4-10)11-5-6-12-13(9-11)20-8-7-19-12/h5-6,9-10H,1-4,7-8H2,(H2,17,18). The Bertz CT molecular complexity index is 660. The highest BCUT2D eigenvalue weighted by Crippen LogP contribution is 2.43. The summed E-state index contributed by atoms with van der Waals surface area (Å²) in [6.45, 7) is 1.17. The second kappa shape index (κ2) is 4.98. The van der Waals surface area contributed by atoms with Crippen molar-refractivity contribution in [3.63, 3.8) is 0 Å². The first-order chi connectivity index (χ1) is 10.3.